The van der Waals surface area contributed by atoms with E-state index in [2.05, 4.69) is 27.2 Å². The molecule has 2 aromatic carbocycles. The molecule has 0 unspecified atom stereocenters. The fraction of sp³-hybridized carbons (Fsp3) is 0.286. The van der Waals surface area contributed by atoms with Crippen molar-refractivity contribution >= 4 is 45.6 Å². The number of carbonyl (C=O) groups excluding carboxylic acids is 1. The van der Waals surface area contributed by atoms with Crippen molar-refractivity contribution in [2.45, 2.75) is 6.61 Å². The summed E-state index contributed by atoms with van der Waals surface area (Å²) >= 11 is 0. The molecule has 2 N–H and O–H groups in total. The molecule has 216 valence electrons. The van der Waals surface area contributed by atoms with Crippen molar-refractivity contribution in [2.24, 2.45) is 0 Å². The van der Waals surface area contributed by atoms with Gasteiger partial charge in [-0.2, -0.15) is 13.8 Å². The van der Waals surface area contributed by atoms with Crippen molar-refractivity contribution in [3.63, 3.8) is 0 Å². The first-order chi connectivity index (χ1) is 19.6. The van der Waals surface area contributed by atoms with E-state index in [9.17, 15) is 13.6 Å². The Labute approximate surface area is 237 Å². The summed E-state index contributed by atoms with van der Waals surface area (Å²) in [4.78, 5) is 26.8. The summed E-state index contributed by atoms with van der Waals surface area (Å²) in [6.45, 7) is 1.67. The minimum atomic E-state index is -3.09. The molecule has 13 heteroatoms. The molecule has 0 radical (unpaired) electrons. The molecule has 0 atom stereocenters. The number of carbonyl (C=O) groups is 1. The maximum absolute atomic E-state index is 13.5. The molecule has 2 aromatic heterocycles. The molecule has 0 saturated heterocycles. The maximum atomic E-state index is 13.5. The van der Waals surface area contributed by atoms with Gasteiger partial charge in [-0.1, -0.05) is 18.7 Å². The van der Waals surface area contributed by atoms with Gasteiger partial charge >= 0.3 is 6.61 Å². The van der Waals surface area contributed by atoms with Gasteiger partial charge in [0.1, 0.15) is 0 Å². The van der Waals surface area contributed by atoms with Crippen molar-refractivity contribution < 1.29 is 18.3 Å². The van der Waals surface area contributed by atoms with E-state index >= 15 is 0 Å². The normalized spacial score (nSPS) is 11.1. The second-order valence-electron chi connectivity index (χ2n) is 9.67. The summed E-state index contributed by atoms with van der Waals surface area (Å²) in [6, 6.07) is 12.4. The van der Waals surface area contributed by atoms with Crippen LogP contribution in [-0.2, 0) is 4.79 Å². The Morgan fingerprint density at radius 1 is 1.10 bits per heavy atom. The van der Waals surface area contributed by atoms with Gasteiger partial charge in [0.25, 0.3) is 0 Å². The number of amides is 1. The number of likely N-dealkylation sites (N-methyl/N-ethyl adjacent to an activating group) is 2. The Kier molecular flexibility index (Phi) is 8.97. The fourth-order valence-corrected chi connectivity index (χ4v) is 4.13. The number of nitrogens with zero attached hydrogens (tertiary/aromatic N) is 7. The smallest absolute Gasteiger partial charge is 0.387 e. The molecule has 1 amide bonds. The van der Waals surface area contributed by atoms with Crippen LogP contribution in [-0.4, -0.2) is 85.5 Å². The van der Waals surface area contributed by atoms with Crippen LogP contribution >= 0.6 is 0 Å². The molecule has 0 aliphatic rings. The summed E-state index contributed by atoms with van der Waals surface area (Å²) < 4.78 is 33.6. The first-order valence-electron chi connectivity index (χ1n) is 12.7. The molecule has 11 nitrogen and oxygen atoms in total. The van der Waals surface area contributed by atoms with Gasteiger partial charge in [0.2, 0.25) is 11.9 Å². The third-order valence-corrected chi connectivity index (χ3v) is 6.15. The van der Waals surface area contributed by atoms with Crippen molar-refractivity contribution in [3.8, 4) is 11.6 Å². The van der Waals surface area contributed by atoms with Crippen molar-refractivity contribution in [2.75, 3.05) is 68.8 Å². The van der Waals surface area contributed by atoms with Crippen LogP contribution < -0.4 is 25.2 Å². The van der Waals surface area contributed by atoms with Crippen molar-refractivity contribution in [1.29, 1.82) is 0 Å². The number of alkyl halides is 2. The second-order valence-corrected chi connectivity index (χ2v) is 9.67. The summed E-state index contributed by atoms with van der Waals surface area (Å²) in [5, 5.41) is 11.4. The van der Waals surface area contributed by atoms with Crippen molar-refractivity contribution in [3.05, 3.63) is 61.3 Å². The lowest BCUT2D eigenvalue weighted by atomic mass is 10.2. The largest absolute Gasteiger partial charge is 0.433 e. The first kappa shape index (κ1) is 29.2. The zero-order chi connectivity index (χ0) is 29.7. The van der Waals surface area contributed by atoms with Crippen LogP contribution in [0.2, 0.25) is 0 Å². The number of ether oxygens (including phenoxy) is 1. The van der Waals surface area contributed by atoms with Crippen LogP contribution in [0.4, 0.5) is 37.6 Å². The SMILES string of the molecule is C=CC(=O)Nc1cc(Nc2nccc(-n3nc(N(C)C)c4ccccc43)n2)c(OC(F)F)cc1N(C)CCN(C)C. The van der Waals surface area contributed by atoms with Gasteiger partial charge in [0.05, 0.1) is 22.6 Å². The third kappa shape index (κ3) is 6.87. The number of hydrogen-bond acceptors (Lipinski definition) is 9. The van der Waals surface area contributed by atoms with Gasteiger partial charge in [-0.3, -0.25) is 4.79 Å². The molecule has 0 fully saturated rings. The second kappa shape index (κ2) is 12.6. The summed E-state index contributed by atoms with van der Waals surface area (Å²) in [6.07, 6.45) is 2.66. The number of para-hydroxylation sites is 1. The number of halogens is 2. The Morgan fingerprint density at radius 3 is 2.54 bits per heavy atom. The molecule has 4 aromatic rings. The molecule has 0 spiro atoms. The van der Waals surface area contributed by atoms with E-state index in [1.807, 2.05) is 67.2 Å². The number of nitrogens with one attached hydrogen (secondary N) is 2. The van der Waals surface area contributed by atoms with Crippen LogP contribution in [0.3, 0.4) is 0 Å². The minimum absolute atomic E-state index is 0.113. The predicted octanol–water partition coefficient (Wildman–Crippen LogP) is 4.35. The lowest BCUT2D eigenvalue weighted by Gasteiger charge is -2.26. The minimum Gasteiger partial charge on any atom is -0.433 e. The van der Waals surface area contributed by atoms with Gasteiger partial charge in [0, 0.05) is 57.9 Å². The Balaban J connectivity index is 1.76. The Bertz CT molecular complexity index is 1540. The molecule has 0 bridgehead atoms. The number of hydrogen-bond donors (Lipinski definition) is 2. The molecule has 0 aliphatic carbocycles. The number of anilines is 5. The molecule has 2 heterocycles. The number of aromatic nitrogens is 4. The van der Waals surface area contributed by atoms with E-state index in [1.165, 1.54) is 18.3 Å². The Morgan fingerprint density at radius 2 is 1.85 bits per heavy atom. The van der Waals surface area contributed by atoms with Crippen LogP contribution in [0, 0.1) is 0 Å². The predicted molar refractivity (Wildman–Crippen MR) is 158 cm³/mol. The highest BCUT2D eigenvalue weighted by molar-refractivity contribution is 6.02. The summed E-state index contributed by atoms with van der Waals surface area (Å²) in [5.74, 6) is 0.738. The summed E-state index contributed by atoms with van der Waals surface area (Å²) in [5.41, 5.74) is 1.82. The lowest BCUT2D eigenvalue weighted by molar-refractivity contribution is -0.111. The highest BCUT2D eigenvalue weighted by Gasteiger charge is 2.20. The van der Waals surface area contributed by atoms with Crippen molar-refractivity contribution in [1.82, 2.24) is 24.6 Å². The van der Waals surface area contributed by atoms with Crippen LogP contribution in [0.5, 0.6) is 5.75 Å². The fourth-order valence-electron chi connectivity index (χ4n) is 4.13. The van der Waals surface area contributed by atoms with Gasteiger partial charge in [0.15, 0.2) is 17.4 Å². The zero-order valence-electron chi connectivity index (χ0n) is 23.6. The van der Waals surface area contributed by atoms with E-state index in [-0.39, 0.29) is 17.4 Å². The molecule has 0 saturated carbocycles. The quantitative estimate of drug-likeness (QED) is 0.243. The van der Waals surface area contributed by atoms with Gasteiger partial charge < -0.3 is 30.1 Å². The number of benzene rings is 2. The van der Waals surface area contributed by atoms with Gasteiger partial charge in [-0.05, 0) is 38.4 Å². The zero-order valence-corrected chi connectivity index (χ0v) is 23.6. The number of rotatable bonds is 12. The third-order valence-electron chi connectivity index (χ3n) is 6.15. The van der Waals surface area contributed by atoms with E-state index in [0.717, 1.165) is 22.8 Å². The highest BCUT2D eigenvalue weighted by atomic mass is 19.3. The van der Waals surface area contributed by atoms with Gasteiger partial charge in [-0.15, -0.1) is 5.10 Å². The first-order valence-corrected chi connectivity index (χ1v) is 12.7. The van der Waals surface area contributed by atoms with Crippen LogP contribution in [0.15, 0.2) is 61.3 Å². The average Bonchev–Trinajstić information content (AvgIpc) is 3.33. The topological polar surface area (TPSA) is 104 Å². The Hall–Kier alpha value is -4.78. The molecular formula is C28H33F2N9O2. The monoisotopic (exact) mass is 565 g/mol. The van der Waals surface area contributed by atoms with E-state index in [4.69, 9.17) is 9.84 Å². The standard InChI is InChI=1S/C28H33F2N9O2/c1-7-25(40)32-19-16-20(23(41-27(29)30)17-22(19)38(6)15-14-36(2)3)33-28-31-13-12-24(34-28)39-21-11-9-8-10-18(21)26(35-39)37(4)5/h7-13,16-17,27H,1,14-15H2,2-6H3,(H,32,40)(H,31,33,34). The van der Waals surface area contributed by atoms with Crippen LogP contribution in [0.1, 0.15) is 0 Å². The molecule has 41 heavy (non-hydrogen) atoms. The maximum Gasteiger partial charge on any atom is 0.387 e. The van der Waals surface area contributed by atoms with E-state index in [0.29, 0.717) is 30.3 Å². The number of fused-ring (bicyclic) bond motifs is 1. The molecule has 0 aliphatic heterocycles. The average molecular weight is 566 g/mol. The molecule has 4 rings (SSSR count). The highest BCUT2D eigenvalue weighted by Crippen LogP contribution is 2.39. The van der Waals surface area contributed by atoms with E-state index < -0.39 is 12.5 Å². The van der Waals surface area contributed by atoms with E-state index in [1.54, 1.807) is 17.8 Å². The lowest BCUT2D eigenvalue weighted by Crippen LogP contribution is -2.29. The van der Waals surface area contributed by atoms with Gasteiger partial charge in [-0.25, -0.2) is 9.67 Å². The molecular weight excluding hydrogens is 532 g/mol. The summed E-state index contributed by atoms with van der Waals surface area (Å²) in [7, 11) is 9.45. The van der Waals surface area contributed by atoms with Crippen LogP contribution in [0.25, 0.3) is 16.7 Å².